The monoisotopic (exact) mass is 302 g/mol. The van der Waals surface area contributed by atoms with E-state index in [2.05, 4.69) is 54.1 Å². The minimum absolute atomic E-state index is 0.622. The van der Waals surface area contributed by atoms with Gasteiger partial charge >= 0.3 is 0 Å². The molecule has 0 aliphatic carbocycles. The molecule has 4 aromatic rings. The number of benzene rings is 1. The number of fused-ring (bicyclic) bond motifs is 3. The number of aromatic nitrogens is 2. The molecule has 0 fully saturated rings. The summed E-state index contributed by atoms with van der Waals surface area (Å²) in [4.78, 5) is 8.88. The standard InChI is InChI=1S/C20H18N2O/c1-13(2)11-14-8-10-21-18(12-14)17-6-3-5-15-16-7-4-9-22-20(16)23-19(15)17/h3-10,12-13H,11H2,1-2H3. The number of furan rings is 1. The molecule has 0 aliphatic heterocycles. The zero-order chi connectivity index (χ0) is 15.8. The quantitative estimate of drug-likeness (QED) is 0.519. The molecule has 0 radical (unpaired) electrons. The Morgan fingerprint density at radius 2 is 1.83 bits per heavy atom. The van der Waals surface area contributed by atoms with Crippen molar-refractivity contribution in [2.45, 2.75) is 20.3 Å². The molecule has 23 heavy (non-hydrogen) atoms. The largest absolute Gasteiger partial charge is 0.437 e. The van der Waals surface area contributed by atoms with Crippen LogP contribution in [0.1, 0.15) is 19.4 Å². The van der Waals surface area contributed by atoms with Crippen LogP contribution in [-0.2, 0) is 6.42 Å². The molecule has 3 heteroatoms. The zero-order valence-corrected chi connectivity index (χ0v) is 13.3. The first-order valence-corrected chi connectivity index (χ1v) is 7.94. The Morgan fingerprint density at radius 1 is 0.957 bits per heavy atom. The molecular weight excluding hydrogens is 284 g/mol. The van der Waals surface area contributed by atoms with E-state index < -0.39 is 0 Å². The van der Waals surface area contributed by atoms with Crippen LogP contribution in [0.25, 0.3) is 33.3 Å². The van der Waals surface area contributed by atoms with Gasteiger partial charge in [0.1, 0.15) is 5.58 Å². The number of hydrogen-bond donors (Lipinski definition) is 0. The second-order valence-electron chi connectivity index (χ2n) is 6.29. The molecule has 3 heterocycles. The lowest BCUT2D eigenvalue weighted by atomic mass is 10.0. The lowest BCUT2D eigenvalue weighted by Gasteiger charge is -2.07. The fourth-order valence-electron chi connectivity index (χ4n) is 3.05. The molecule has 0 unspecified atom stereocenters. The van der Waals surface area contributed by atoms with Crippen molar-refractivity contribution in [2.75, 3.05) is 0 Å². The maximum absolute atomic E-state index is 6.01. The minimum Gasteiger partial charge on any atom is -0.437 e. The van der Waals surface area contributed by atoms with Gasteiger partial charge in [-0.25, -0.2) is 4.98 Å². The molecule has 0 N–H and O–H groups in total. The van der Waals surface area contributed by atoms with Crippen molar-refractivity contribution in [3.8, 4) is 11.3 Å². The first kappa shape index (κ1) is 13.9. The number of rotatable bonds is 3. The average Bonchev–Trinajstić information content (AvgIpc) is 2.93. The summed E-state index contributed by atoms with van der Waals surface area (Å²) >= 11 is 0. The van der Waals surface area contributed by atoms with Crippen LogP contribution in [0.4, 0.5) is 0 Å². The van der Waals surface area contributed by atoms with Gasteiger partial charge in [0.05, 0.1) is 5.69 Å². The number of para-hydroxylation sites is 1. The van der Waals surface area contributed by atoms with Crippen LogP contribution in [0.3, 0.4) is 0 Å². The van der Waals surface area contributed by atoms with Gasteiger partial charge in [-0.15, -0.1) is 0 Å². The highest BCUT2D eigenvalue weighted by atomic mass is 16.3. The first-order chi connectivity index (χ1) is 11.2. The third-order valence-electron chi connectivity index (χ3n) is 4.02. The molecule has 3 nitrogen and oxygen atoms in total. The topological polar surface area (TPSA) is 38.9 Å². The van der Waals surface area contributed by atoms with E-state index in [-0.39, 0.29) is 0 Å². The van der Waals surface area contributed by atoms with Crippen molar-refractivity contribution < 1.29 is 4.42 Å². The van der Waals surface area contributed by atoms with Gasteiger partial charge in [-0.2, -0.15) is 0 Å². The summed E-state index contributed by atoms with van der Waals surface area (Å²) in [5.41, 5.74) is 4.80. The molecule has 4 rings (SSSR count). The number of pyridine rings is 2. The molecule has 0 saturated carbocycles. The van der Waals surface area contributed by atoms with Crippen LogP contribution in [0.2, 0.25) is 0 Å². The molecule has 114 valence electrons. The summed E-state index contributed by atoms with van der Waals surface area (Å²) in [6, 6.07) is 14.4. The summed E-state index contributed by atoms with van der Waals surface area (Å²) in [6.45, 7) is 4.46. The van der Waals surface area contributed by atoms with Crippen molar-refractivity contribution in [2.24, 2.45) is 5.92 Å². The van der Waals surface area contributed by atoms with Gasteiger partial charge in [0.15, 0.2) is 0 Å². The SMILES string of the molecule is CC(C)Cc1ccnc(-c2cccc3c2oc2ncccc23)c1. The minimum atomic E-state index is 0.622. The summed E-state index contributed by atoms with van der Waals surface area (Å²) in [5.74, 6) is 0.622. The predicted octanol–water partition coefficient (Wildman–Crippen LogP) is 5.24. The second kappa shape index (κ2) is 5.51. The smallest absolute Gasteiger partial charge is 0.227 e. The van der Waals surface area contributed by atoms with Crippen LogP contribution in [0, 0.1) is 5.92 Å². The number of nitrogens with zero attached hydrogens (tertiary/aromatic N) is 2. The highest BCUT2D eigenvalue weighted by molar-refractivity contribution is 6.08. The van der Waals surface area contributed by atoms with E-state index >= 15 is 0 Å². The molecule has 0 saturated heterocycles. The summed E-state index contributed by atoms with van der Waals surface area (Å²) in [7, 11) is 0. The van der Waals surface area contributed by atoms with Gasteiger partial charge in [-0.3, -0.25) is 4.98 Å². The fourth-order valence-corrected chi connectivity index (χ4v) is 3.05. The molecule has 0 bridgehead atoms. The van der Waals surface area contributed by atoms with Crippen molar-refractivity contribution >= 4 is 22.1 Å². The molecule has 1 aromatic carbocycles. The van der Waals surface area contributed by atoms with Crippen LogP contribution in [0.5, 0.6) is 0 Å². The predicted molar refractivity (Wildman–Crippen MR) is 93.3 cm³/mol. The van der Waals surface area contributed by atoms with Crippen LogP contribution in [0.15, 0.2) is 59.3 Å². The van der Waals surface area contributed by atoms with E-state index in [9.17, 15) is 0 Å². The highest BCUT2D eigenvalue weighted by Crippen LogP contribution is 2.34. The molecular formula is C20H18N2O. The summed E-state index contributed by atoms with van der Waals surface area (Å²) in [6.07, 6.45) is 4.69. The number of hydrogen-bond acceptors (Lipinski definition) is 3. The first-order valence-electron chi connectivity index (χ1n) is 7.94. The third-order valence-corrected chi connectivity index (χ3v) is 4.02. The second-order valence-corrected chi connectivity index (χ2v) is 6.29. The summed E-state index contributed by atoms with van der Waals surface area (Å²) in [5, 5.41) is 2.13. The normalized spacial score (nSPS) is 11.6. The third kappa shape index (κ3) is 2.48. The molecule has 3 aromatic heterocycles. The highest BCUT2D eigenvalue weighted by Gasteiger charge is 2.13. The van der Waals surface area contributed by atoms with Gasteiger partial charge in [-0.05, 0) is 48.2 Å². The Bertz CT molecular complexity index is 985. The Labute approximate surface area is 135 Å². The van der Waals surface area contributed by atoms with E-state index in [4.69, 9.17) is 4.42 Å². The molecule has 0 aliphatic rings. The van der Waals surface area contributed by atoms with Gasteiger partial charge in [-0.1, -0.05) is 26.0 Å². The van der Waals surface area contributed by atoms with Crippen LogP contribution < -0.4 is 0 Å². The van der Waals surface area contributed by atoms with Crippen molar-refractivity contribution in [3.63, 3.8) is 0 Å². The summed E-state index contributed by atoms with van der Waals surface area (Å²) < 4.78 is 6.01. The van der Waals surface area contributed by atoms with Gasteiger partial charge in [0.2, 0.25) is 5.71 Å². The van der Waals surface area contributed by atoms with Gasteiger partial charge < -0.3 is 4.42 Å². The van der Waals surface area contributed by atoms with E-state index in [1.54, 1.807) is 6.20 Å². The van der Waals surface area contributed by atoms with Crippen LogP contribution in [-0.4, -0.2) is 9.97 Å². The Hall–Kier alpha value is -2.68. The Morgan fingerprint density at radius 3 is 2.70 bits per heavy atom. The molecule has 0 spiro atoms. The van der Waals surface area contributed by atoms with E-state index in [1.807, 2.05) is 18.3 Å². The molecule has 0 amide bonds. The van der Waals surface area contributed by atoms with E-state index in [0.717, 1.165) is 34.0 Å². The zero-order valence-electron chi connectivity index (χ0n) is 13.3. The maximum Gasteiger partial charge on any atom is 0.227 e. The fraction of sp³-hybridized carbons (Fsp3) is 0.200. The van der Waals surface area contributed by atoms with Crippen molar-refractivity contribution in [1.29, 1.82) is 0 Å². The Balaban J connectivity index is 1.92. The van der Waals surface area contributed by atoms with E-state index in [1.165, 1.54) is 5.56 Å². The lowest BCUT2D eigenvalue weighted by molar-refractivity contribution is 0.646. The Kier molecular flexibility index (Phi) is 3.34. The average molecular weight is 302 g/mol. The van der Waals surface area contributed by atoms with Crippen molar-refractivity contribution in [3.05, 3.63) is 60.4 Å². The molecule has 0 atom stereocenters. The van der Waals surface area contributed by atoms with Gasteiger partial charge in [0.25, 0.3) is 0 Å². The van der Waals surface area contributed by atoms with E-state index in [0.29, 0.717) is 11.6 Å². The lowest BCUT2D eigenvalue weighted by Crippen LogP contribution is -1.95. The van der Waals surface area contributed by atoms with Crippen molar-refractivity contribution in [1.82, 2.24) is 9.97 Å². The van der Waals surface area contributed by atoms with Gasteiger partial charge in [0, 0.05) is 28.7 Å². The van der Waals surface area contributed by atoms with Crippen LogP contribution >= 0.6 is 0 Å². The maximum atomic E-state index is 6.01.